The number of fused-ring (bicyclic) bond motifs is 1. The van der Waals surface area contributed by atoms with Gasteiger partial charge in [-0.25, -0.2) is 4.98 Å². The Kier molecular flexibility index (Phi) is 0.887. The molecule has 50 valence electrons. The smallest absolute Gasteiger partial charge is 0.244 e. The Bertz CT molecular complexity index is 331. The summed E-state index contributed by atoms with van der Waals surface area (Å²) in [5.74, 6) is 0.523. The molecule has 0 amide bonds. The average molecular weight is 135 g/mol. The first-order valence-electron chi connectivity index (χ1n) is 2.83. The van der Waals surface area contributed by atoms with Gasteiger partial charge < -0.3 is 14.8 Å². The van der Waals surface area contributed by atoms with E-state index in [1.807, 2.05) is 0 Å². The molecule has 2 aromatic rings. The molecule has 0 bridgehead atoms. The van der Waals surface area contributed by atoms with Crippen molar-refractivity contribution in [1.29, 1.82) is 5.41 Å². The van der Waals surface area contributed by atoms with Crippen molar-refractivity contribution >= 4 is 17.4 Å². The third-order valence-corrected chi connectivity index (χ3v) is 1.28. The molecule has 10 heavy (non-hydrogen) atoms. The van der Waals surface area contributed by atoms with Gasteiger partial charge in [-0.3, -0.25) is 0 Å². The topological polar surface area (TPSA) is 65.7 Å². The molecular weight excluding hydrogens is 130 g/mol. The Balaban J connectivity index is 2.78. The number of furan rings is 1. The van der Waals surface area contributed by atoms with Crippen LogP contribution >= 0.6 is 0 Å². The second-order valence-electron chi connectivity index (χ2n) is 1.91. The standard InChI is InChI=1S/C6H5N3O/c7-2-4-1-5-6(10-4)9-3-8-5/h1-3,7H,(H,8,9). The SMILES string of the molecule is N=Cc1cc2[nH]cnc2o1. The van der Waals surface area contributed by atoms with Crippen LogP contribution in [0.5, 0.6) is 0 Å². The Morgan fingerprint density at radius 3 is 3.30 bits per heavy atom. The Labute approximate surface area is 56.4 Å². The van der Waals surface area contributed by atoms with Gasteiger partial charge in [0.15, 0.2) is 0 Å². The second-order valence-corrected chi connectivity index (χ2v) is 1.91. The zero-order valence-electron chi connectivity index (χ0n) is 5.09. The number of H-pyrrole nitrogens is 1. The first-order chi connectivity index (χ1) is 4.90. The third-order valence-electron chi connectivity index (χ3n) is 1.28. The first kappa shape index (κ1) is 5.22. The minimum atomic E-state index is 0.523. The van der Waals surface area contributed by atoms with Crippen molar-refractivity contribution < 1.29 is 4.42 Å². The van der Waals surface area contributed by atoms with Gasteiger partial charge >= 0.3 is 0 Å². The fourth-order valence-electron chi connectivity index (χ4n) is 0.831. The summed E-state index contributed by atoms with van der Waals surface area (Å²) in [6.07, 6.45) is 2.71. The zero-order valence-corrected chi connectivity index (χ0v) is 5.09. The largest absolute Gasteiger partial charge is 0.435 e. The van der Waals surface area contributed by atoms with E-state index in [2.05, 4.69) is 9.97 Å². The van der Waals surface area contributed by atoms with E-state index in [1.54, 1.807) is 12.4 Å². The van der Waals surface area contributed by atoms with Crippen LogP contribution in [-0.4, -0.2) is 16.2 Å². The number of hydrogen-bond acceptors (Lipinski definition) is 3. The van der Waals surface area contributed by atoms with Crippen molar-refractivity contribution in [3.05, 3.63) is 18.2 Å². The number of imidazole rings is 1. The summed E-state index contributed by atoms with van der Waals surface area (Å²) in [5, 5.41) is 6.85. The summed E-state index contributed by atoms with van der Waals surface area (Å²) in [5.41, 5.74) is 1.39. The molecule has 2 rings (SSSR count). The number of rotatable bonds is 1. The quantitative estimate of drug-likeness (QED) is 0.576. The molecule has 0 atom stereocenters. The molecule has 2 aromatic heterocycles. The van der Waals surface area contributed by atoms with Crippen LogP contribution in [-0.2, 0) is 0 Å². The highest BCUT2D eigenvalue weighted by Gasteiger charge is 2.01. The van der Waals surface area contributed by atoms with Crippen molar-refractivity contribution in [3.8, 4) is 0 Å². The lowest BCUT2D eigenvalue weighted by Gasteiger charge is -1.74. The van der Waals surface area contributed by atoms with Crippen LogP contribution in [0, 0.1) is 5.41 Å². The van der Waals surface area contributed by atoms with Crippen LogP contribution in [0.4, 0.5) is 0 Å². The van der Waals surface area contributed by atoms with E-state index < -0.39 is 0 Å². The van der Waals surface area contributed by atoms with Gasteiger partial charge in [0.05, 0.1) is 12.5 Å². The number of aromatic amines is 1. The number of nitrogens with zero attached hydrogens (tertiary/aromatic N) is 1. The van der Waals surface area contributed by atoms with Crippen LogP contribution < -0.4 is 0 Å². The molecule has 0 aromatic carbocycles. The summed E-state index contributed by atoms with van der Waals surface area (Å²) in [6.45, 7) is 0. The first-order valence-corrected chi connectivity index (χ1v) is 2.83. The molecule has 0 radical (unpaired) electrons. The van der Waals surface area contributed by atoms with Gasteiger partial charge in [0.25, 0.3) is 0 Å². The summed E-state index contributed by atoms with van der Waals surface area (Å²) >= 11 is 0. The van der Waals surface area contributed by atoms with Gasteiger partial charge in [-0.05, 0) is 0 Å². The summed E-state index contributed by atoms with van der Waals surface area (Å²) < 4.78 is 5.07. The zero-order chi connectivity index (χ0) is 6.97. The maximum Gasteiger partial charge on any atom is 0.244 e. The highest BCUT2D eigenvalue weighted by Crippen LogP contribution is 2.12. The van der Waals surface area contributed by atoms with Crippen LogP contribution in [0.1, 0.15) is 5.76 Å². The van der Waals surface area contributed by atoms with Crippen molar-refractivity contribution in [2.75, 3.05) is 0 Å². The lowest BCUT2D eigenvalue weighted by molar-refractivity contribution is 0.596. The second kappa shape index (κ2) is 1.70. The van der Waals surface area contributed by atoms with E-state index in [9.17, 15) is 0 Å². The summed E-state index contributed by atoms with van der Waals surface area (Å²) in [7, 11) is 0. The highest BCUT2D eigenvalue weighted by molar-refractivity contribution is 5.81. The van der Waals surface area contributed by atoms with Gasteiger partial charge in [0.1, 0.15) is 11.3 Å². The third kappa shape index (κ3) is 0.556. The Hall–Kier alpha value is -1.58. The highest BCUT2D eigenvalue weighted by atomic mass is 16.3. The normalized spacial score (nSPS) is 10.4. The molecule has 4 heteroatoms. The van der Waals surface area contributed by atoms with Crippen LogP contribution in [0.2, 0.25) is 0 Å². The molecular formula is C6H5N3O. The molecule has 2 N–H and O–H groups in total. The Morgan fingerprint density at radius 1 is 1.70 bits per heavy atom. The lowest BCUT2D eigenvalue weighted by Crippen LogP contribution is -1.68. The van der Waals surface area contributed by atoms with Gasteiger partial charge in [-0.15, -0.1) is 0 Å². The molecule has 4 nitrogen and oxygen atoms in total. The van der Waals surface area contributed by atoms with E-state index in [0.717, 1.165) is 11.7 Å². The number of nitrogens with one attached hydrogen (secondary N) is 2. The predicted molar refractivity (Wildman–Crippen MR) is 36.2 cm³/mol. The minimum absolute atomic E-state index is 0.523. The fourth-order valence-corrected chi connectivity index (χ4v) is 0.831. The van der Waals surface area contributed by atoms with Gasteiger partial charge in [-0.2, -0.15) is 0 Å². The Morgan fingerprint density at radius 2 is 2.60 bits per heavy atom. The van der Waals surface area contributed by atoms with E-state index in [1.165, 1.54) is 0 Å². The van der Waals surface area contributed by atoms with Gasteiger partial charge in [0, 0.05) is 6.07 Å². The molecule has 0 unspecified atom stereocenters. The maximum absolute atomic E-state index is 6.85. The monoisotopic (exact) mass is 135 g/mol. The number of aromatic nitrogens is 2. The van der Waals surface area contributed by atoms with Crippen LogP contribution in [0.15, 0.2) is 16.8 Å². The molecule has 0 fully saturated rings. The fraction of sp³-hybridized carbons (Fsp3) is 0. The van der Waals surface area contributed by atoms with E-state index in [0.29, 0.717) is 11.5 Å². The van der Waals surface area contributed by atoms with Crippen molar-refractivity contribution in [3.63, 3.8) is 0 Å². The van der Waals surface area contributed by atoms with E-state index in [-0.39, 0.29) is 0 Å². The van der Waals surface area contributed by atoms with Gasteiger partial charge in [0.2, 0.25) is 5.71 Å². The van der Waals surface area contributed by atoms with Crippen molar-refractivity contribution in [1.82, 2.24) is 9.97 Å². The summed E-state index contributed by atoms with van der Waals surface area (Å²) in [4.78, 5) is 6.73. The number of hydrogen-bond donors (Lipinski definition) is 2. The van der Waals surface area contributed by atoms with Gasteiger partial charge in [-0.1, -0.05) is 0 Å². The molecule has 0 spiro atoms. The van der Waals surface area contributed by atoms with Crippen molar-refractivity contribution in [2.24, 2.45) is 0 Å². The predicted octanol–water partition coefficient (Wildman–Crippen LogP) is 1.15. The maximum atomic E-state index is 6.85. The summed E-state index contributed by atoms with van der Waals surface area (Å²) in [6, 6.07) is 1.73. The minimum Gasteiger partial charge on any atom is -0.435 e. The van der Waals surface area contributed by atoms with Crippen molar-refractivity contribution in [2.45, 2.75) is 0 Å². The lowest BCUT2D eigenvalue weighted by atomic mass is 10.5. The van der Waals surface area contributed by atoms with E-state index in [4.69, 9.17) is 9.83 Å². The average Bonchev–Trinajstić information content (AvgIpc) is 2.42. The molecule has 0 aliphatic heterocycles. The molecule has 0 saturated heterocycles. The van der Waals surface area contributed by atoms with Crippen LogP contribution in [0.3, 0.4) is 0 Å². The van der Waals surface area contributed by atoms with E-state index >= 15 is 0 Å². The molecule has 0 aliphatic rings. The molecule has 2 heterocycles. The molecule has 0 aliphatic carbocycles. The van der Waals surface area contributed by atoms with Crippen LogP contribution in [0.25, 0.3) is 11.2 Å². The molecule has 0 saturated carbocycles.